The van der Waals surface area contributed by atoms with Crippen molar-refractivity contribution < 1.29 is 28.5 Å². The van der Waals surface area contributed by atoms with E-state index in [0.29, 0.717) is 12.1 Å². The number of sulfonamides is 1. The number of aliphatic hydroxyl groups is 2. The van der Waals surface area contributed by atoms with Gasteiger partial charge in [-0.25, -0.2) is 17.9 Å². The topological polar surface area (TPSA) is 190 Å². The lowest BCUT2D eigenvalue weighted by molar-refractivity contribution is 0.0697. The first-order valence-electron chi connectivity index (χ1n) is 11.2. The number of anilines is 4. The van der Waals surface area contributed by atoms with Gasteiger partial charge in [0.1, 0.15) is 0 Å². The Labute approximate surface area is 204 Å². The second-order valence-electron chi connectivity index (χ2n) is 7.67. The molecule has 0 fully saturated rings. The number of aromatic carboxylic acids is 1. The number of unbranched alkanes of at least 4 members (excludes halogenated alkanes) is 1. The monoisotopic (exact) mass is 511 g/mol. The van der Waals surface area contributed by atoms with Crippen LogP contribution in [0.15, 0.2) is 18.2 Å². The predicted octanol–water partition coefficient (Wildman–Crippen LogP) is 0.544. The summed E-state index contributed by atoms with van der Waals surface area (Å²) in [6.45, 7) is 3.89. The number of hydrogen-bond donors (Lipinski definition) is 6. The van der Waals surface area contributed by atoms with E-state index in [1.807, 2.05) is 6.92 Å². The average Bonchev–Trinajstić information content (AvgIpc) is 2.82. The van der Waals surface area contributed by atoms with E-state index in [4.69, 9.17) is 5.11 Å². The molecular weight excluding hydrogens is 478 g/mol. The molecule has 35 heavy (non-hydrogen) atoms. The zero-order valence-corrected chi connectivity index (χ0v) is 20.7. The first-order valence-corrected chi connectivity index (χ1v) is 12.9. The van der Waals surface area contributed by atoms with Crippen molar-refractivity contribution in [3.05, 3.63) is 29.3 Å². The largest absolute Gasteiger partial charge is 0.478 e. The summed E-state index contributed by atoms with van der Waals surface area (Å²) in [4.78, 5) is 25.9. The molecule has 0 amide bonds. The number of rotatable bonds is 16. The zero-order valence-electron chi connectivity index (χ0n) is 19.9. The molecule has 0 radical (unpaired) electrons. The van der Waals surface area contributed by atoms with Crippen molar-refractivity contribution in [2.45, 2.75) is 26.7 Å². The second-order valence-corrected chi connectivity index (χ2v) is 9.60. The van der Waals surface area contributed by atoms with Crippen LogP contribution in [0.25, 0.3) is 0 Å². The van der Waals surface area contributed by atoms with Crippen molar-refractivity contribution in [1.29, 1.82) is 0 Å². The van der Waals surface area contributed by atoms with Crippen LogP contribution in [-0.2, 0) is 10.0 Å². The van der Waals surface area contributed by atoms with Gasteiger partial charge in [0.25, 0.3) is 0 Å². The van der Waals surface area contributed by atoms with E-state index < -0.39 is 16.0 Å². The van der Waals surface area contributed by atoms with Gasteiger partial charge >= 0.3 is 5.97 Å². The van der Waals surface area contributed by atoms with Gasteiger partial charge in [-0.15, -0.1) is 0 Å². The minimum absolute atomic E-state index is 0.0350. The van der Waals surface area contributed by atoms with Gasteiger partial charge in [0.05, 0.1) is 24.5 Å². The van der Waals surface area contributed by atoms with Gasteiger partial charge in [-0.1, -0.05) is 19.4 Å². The Bertz CT molecular complexity index is 1080. The van der Waals surface area contributed by atoms with Gasteiger partial charge in [0.15, 0.2) is 0 Å². The highest BCUT2D eigenvalue weighted by molar-refractivity contribution is 7.89. The fraction of sp³-hybridized carbons (Fsp3) is 0.524. The molecular formula is C21H33N7O6S. The first-order chi connectivity index (χ1) is 16.7. The third-order valence-electron chi connectivity index (χ3n) is 4.87. The Balaban J connectivity index is 2.30. The SMILES string of the molecule is CCCCS(=O)(=O)NCCN(CCO)c1nc(NCCO)nc(Nc2cc(C(=O)O)ccc2C)n1. The molecule has 0 aliphatic carbocycles. The number of aryl methyl sites for hydroxylation is 1. The molecule has 0 saturated carbocycles. The summed E-state index contributed by atoms with van der Waals surface area (Å²) in [5.74, 6) is -0.632. The summed E-state index contributed by atoms with van der Waals surface area (Å²) in [6.07, 6.45) is 1.32. The van der Waals surface area contributed by atoms with Crippen molar-refractivity contribution in [2.75, 3.05) is 60.7 Å². The Morgan fingerprint density at radius 2 is 1.80 bits per heavy atom. The molecule has 0 spiro atoms. The number of aromatic nitrogens is 3. The smallest absolute Gasteiger partial charge is 0.335 e. The minimum atomic E-state index is -3.41. The maximum Gasteiger partial charge on any atom is 0.335 e. The minimum Gasteiger partial charge on any atom is -0.478 e. The van der Waals surface area contributed by atoms with Crippen LogP contribution < -0.4 is 20.3 Å². The van der Waals surface area contributed by atoms with Gasteiger partial charge in [-0.2, -0.15) is 15.0 Å². The average molecular weight is 512 g/mol. The number of carboxylic acids is 1. The zero-order chi connectivity index (χ0) is 25.8. The summed E-state index contributed by atoms with van der Waals surface area (Å²) in [5.41, 5.74) is 1.33. The number of benzene rings is 1. The molecule has 1 aromatic heterocycles. The van der Waals surface area contributed by atoms with Crippen LogP contribution in [-0.4, -0.2) is 89.8 Å². The van der Waals surface area contributed by atoms with Crippen LogP contribution in [0.4, 0.5) is 23.5 Å². The second kappa shape index (κ2) is 13.7. The first kappa shape index (κ1) is 28.2. The van der Waals surface area contributed by atoms with Crippen LogP contribution in [0.2, 0.25) is 0 Å². The van der Waals surface area contributed by atoms with Gasteiger partial charge in [-0.05, 0) is 31.0 Å². The van der Waals surface area contributed by atoms with E-state index in [2.05, 4.69) is 30.3 Å². The molecule has 0 bridgehead atoms. The molecule has 0 aliphatic heterocycles. The van der Waals surface area contributed by atoms with E-state index in [-0.39, 0.29) is 68.6 Å². The number of nitrogens with zero attached hydrogens (tertiary/aromatic N) is 4. The van der Waals surface area contributed by atoms with Crippen LogP contribution in [0.3, 0.4) is 0 Å². The fourth-order valence-electron chi connectivity index (χ4n) is 2.99. The van der Waals surface area contributed by atoms with Crippen molar-refractivity contribution in [1.82, 2.24) is 19.7 Å². The van der Waals surface area contributed by atoms with Gasteiger partial charge < -0.3 is 30.9 Å². The maximum absolute atomic E-state index is 12.1. The molecule has 0 unspecified atom stereocenters. The van der Waals surface area contributed by atoms with E-state index in [1.54, 1.807) is 17.9 Å². The molecule has 194 valence electrons. The number of hydrogen-bond acceptors (Lipinski definition) is 11. The van der Waals surface area contributed by atoms with Gasteiger partial charge in [0.2, 0.25) is 27.9 Å². The number of aliphatic hydroxyl groups excluding tert-OH is 2. The Hall–Kier alpha value is -3.07. The number of carbonyl (C=O) groups is 1. The van der Waals surface area contributed by atoms with E-state index in [0.717, 1.165) is 12.0 Å². The molecule has 2 aromatic rings. The normalized spacial score (nSPS) is 11.3. The number of nitrogens with one attached hydrogen (secondary N) is 3. The highest BCUT2D eigenvalue weighted by atomic mass is 32.2. The lowest BCUT2D eigenvalue weighted by Gasteiger charge is -2.23. The summed E-state index contributed by atoms with van der Waals surface area (Å²) >= 11 is 0. The summed E-state index contributed by atoms with van der Waals surface area (Å²) in [6, 6.07) is 4.60. The van der Waals surface area contributed by atoms with Crippen LogP contribution in [0.5, 0.6) is 0 Å². The van der Waals surface area contributed by atoms with Gasteiger partial charge in [0, 0.05) is 31.9 Å². The van der Waals surface area contributed by atoms with Crippen molar-refractivity contribution in [3.63, 3.8) is 0 Å². The fourth-order valence-corrected chi connectivity index (χ4v) is 4.21. The third kappa shape index (κ3) is 9.24. The predicted molar refractivity (Wildman–Crippen MR) is 133 cm³/mol. The van der Waals surface area contributed by atoms with E-state index in [9.17, 15) is 23.4 Å². The van der Waals surface area contributed by atoms with E-state index in [1.165, 1.54) is 12.1 Å². The molecule has 2 rings (SSSR count). The molecule has 0 saturated heterocycles. The molecule has 6 N–H and O–H groups in total. The Morgan fingerprint density at radius 1 is 1.06 bits per heavy atom. The van der Waals surface area contributed by atoms with Crippen molar-refractivity contribution >= 4 is 39.5 Å². The van der Waals surface area contributed by atoms with Crippen molar-refractivity contribution in [3.8, 4) is 0 Å². The molecule has 0 atom stereocenters. The van der Waals surface area contributed by atoms with Crippen molar-refractivity contribution in [2.24, 2.45) is 0 Å². The molecule has 14 heteroatoms. The van der Waals surface area contributed by atoms with Gasteiger partial charge in [-0.3, -0.25) is 0 Å². The quantitative estimate of drug-likeness (QED) is 0.184. The summed E-state index contributed by atoms with van der Waals surface area (Å²) in [7, 11) is -3.41. The third-order valence-corrected chi connectivity index (χ3v) is 6.34. The molecule has 0 aliphatic rings. The lowest BCUT2D eigenvalue weighted by atomic mass is 10.1. The van der Waals surface area contributed by atoms with E-state index >= 15 is 0 Å². The van der Waals surface area contributed by atoms with Crippen LogP contribution >= 0.6 is 0 Å². The molecule has 1 aromatic carbocycles. The highest BCUT2D eigenvalue weighted by Gasteiger charge is 2.16. The Kier molecular flexibility index (Phi) is 11.0. The standard InChI is InChI=1S/C21H33N7O6S/c1-3-4-13-35(33,34)23-7-9-28(10-12-30)21-26-19(22-8-11-29)25-20(27-21)24-17-14-16(18(31)32)6-5-15(17)2/h5-6,14,23,29-30H,3-4,7-13H2,1-2H3,(H,31,32)(H2,22,24,25,26,27). The van der Waals surface area contributed by atoms with Crippen LogP contribution in [0, 0.1) is 6.92 Å². The molecule has 13 nitrogen and oxygen atoms in total. The maximum atomic E-state index is 12.1. The highest BCUT2D eigenvalue weighted by Crippen LogP contribution is 2.22. The van der Waals surface area contributed by atoms with Crippen LogP contribution in [0.1, 0.15) is 35.7 Å². The summed E-state index contributed by atoms with van der Waals surface area (Å²) < 4.78 is 26.7. The molecule has 1 heterocycles. The Morgan fingerprint density at radius 3 is 2.46 bits per heavy atom. The number of carboxylic acid groups (broad SMARTS) is 1. The lowest BCUT2D eigenvalue weighted by Crippen LogP contribution is -2.38. The summed E-state index contributed by atoms with van der Waals surface area (Å²) in [5, 5.41) is 33.8.